The molecule has 0 aliphatic carbocycles. The van der Waals surface area contributed by atoms with Crippen LogP contribution in [0, 0.1) is 5.92 Å². The third-order valence-corrected chi connectivity index (χ3v) is 4.83. The Morgan fingerprint density at radius 2 is 1.58 bits per heavy atom. The molecule has 5 heteroatoms. The van der Waals surface area contributed by atoms with Crippen LogP contribution in [0.1, 0.15) is 12.8 Å². The molecule has 1 fully saturated rings. The second-order valence-electron chi connectivity index (χ2n) is 6.70. The van der Waals surface area contributed by atoms with Gasteiger partial charge < -0.3 is 15.1 Å². The number of benzene rings is 2. The van der Waals surface area contributed by atoms with Crippen molar-refractivity contribution in [3.63, 3.8) is 0 Å². The first-order valence-electron chi connectivity index (χ1n) is 9.03. The van der Waals surface area contributed by atoms with E-state index in [9.17, 15) is 9.59 Å². The highest BCUT2D eigenvalue weighted by molar-refractivity contribution is 5.92. The molecule has 0 saturated carbocycles. The number of hydrogen-bond donors (Lipinski definition) is 1. The second-order valence-corrected chi connectivity index (χ2v) is 6.70. The van der Waals surface area contributed by atoms with Crippen LogP contribution in [0.15, 0.2) is 60.7 Å². The molecular weight excluding hydrogens is 326 g/mol. The molecule has 1 N–H and O–H groups in total. The summed E-state index contributed by atoms with van der Waals surface area (Å²) in [5.41, 5.74) is 1.85. The van der Waals surface area contributed by atoms with E-state index in [0.717, 1.165) is 11.4 Å². The summed E-state index contributed by atoms with van der Waals surface area (Å²) in [5, 5.41) is 2.96. The zero-order chi connectivity index (χ0) is 18.4. The molecule has 0 radical (unpaired) electrons. The van der Waals surface area contributed by atoms with Crippen LogP contribution in [0.4, 0.5) is 11.4 Å². The highest BCUT2D eigenvalue weighted by atomic mass is 16.2. The van der Waals surface area contributed by atoms with Crippen molar-refractivity contribution in [1.82, 2.24) is 4.90 Å². The number of likely N-dealkylation sites (N-methyl/N-ethyl adjacent to an activating group) is 1. The number of rotatable bonds is 5. The van der Waals surface area contributed by atoms with Gasteiger partial charge in [0.05, 0.1) is 6.54 Å². The molecule has 3 rings (SSSR count). The van der Waals surface area contributed by atoms with Crippen LogP contribution in [0.3, 0.4) is 0 Å². The Hall–Kier alpha value is -2.82. The molecule has 136 valence electrons. The number of amides is 2. The van der Waals surface area contributed by atoms with Gasteiger partial charge in [-0.15, -0.1) is 0 Å². The van der Waals surface area contributed by atoms with Gasteiger partial charge in [0.25, 0.3) is 0 Å². The lowest BCUT2D eigenvalue weighted by atomic mass is 9.95. The van der Waals surface area contributed by atoms with Crippen molar-refractivity contribution in [2.24, 2.45) is 5.92 Å². The Kier molecular flexibility index (Phi) is 5.89. The average molecular weight is 351 g/mol. The fraction of sp³-hybridized carbons (Fsp3) is 0.333. The standard InChI is InChI=1S/C21H25N3O2/c1-23(19-10-6-3-7-11-19)16-20(25)24-14-12-17(13-15-24)21(26)22-18-8-4-2-5-9-18/h2-11,17H,12-16H2,1H3,(H,22,26). The van der Waals surface area contributed by atoms with Gasteiger partial charge in [-0.2, -0.15) is 0 Å². The van der Waals surface area contributed by atoms with Gasteiger partial charge >= 0.3 is 0 Å². The monoisotopic (exact) mass is 351 g/mol. The van der Waals surface area contributed by atoms with Crippen LogP contribution in [-0.4, -0.2) is 43.4 Å². The smallest absolute Gasteiger partial charge is 0.242 e. The Balaban J connectivity index is 1.47. The minimum absolute atomic E-state index is 0.0360. The molecule has 0 unspecified atom stereocenters. The number of hydrogen-bond acceptors (Lipinski definition) is 3. The van der Waals surface area contributed by atoms with Gasteiger partial charge in [0.1, 0.15) is 0 Å². The number of carbonyl (C=O) groups is 2. The van der Waals surface area contributed by atoms with Crippen molar-refractivity contribution < 1.29 is 9.59 Å². The third-order valence-electron chi connectivity index (χ3n) is 4.83. The zero-order valence-corrected chi connectivity index (χ0v) is 15.1. The number of carbonyl (C=O) groups excluding carboxylic acids is 2. The highest BCUT2D eigenvalue weighted by Crippen LogP contribution is 2.20. The summed E-state index contributed by atoms with van der Waals surface area (Å²) in [6, 6.07) is 19.4. The Morgan fingerprint density at radius 1 is 1.00 bits per heavy atom. The number of anilines is 2. The number of nitrogens with zero attached hydrogens (tertiary/aromatic N) is 2. The predicted octanol–water partition coefficient (Wildman–Crippen LogP) is 3.00. The first-order valence-corrected chi connectivity index (χ1v) is 9.03. The van der Waals surface area contributed by atoms with E-state index in [1.54, 1.807) is 0 Å². The molecular formula is C21H25N3O2. The second kappa shape index (κ2) is 8.52. The van der Waals surface area contributed by atoms with Crippen molar-refractivity contribution in [3.8, 4) is 0 Å². The molecule has 2 aromatic rings. The number of piperidine rings is 1. The summed E-state index contributed by atoms with van der Waals surface area (Å²) in [5.74, 6) is 0.120. The van der Waals surface area contributed by atoms with Crippen molar-refractivity contribution in [2.75, 3.05) is 36.9 Å². The SMILES string of the molecule is CN(CC(=O)N1CCC(C(=O)Nc2ccccc2)CC1)c1ccccc1. The largest absolute Gasteiger partial charge is 0.365 e. The van der Waals surface area contributed by atoms with Gasteiger partial charge in [-0.05, 0) is 37.1 Å². The molecule has 1 heterocycles. The van der Waals surface area contributed by atoms with Gasteiger partial charge in [0.15, 0.2) is 0 Å². The summed E-state index contributed by atoms with van der Waals surface area (Å²) < 4.78 is 0. The quantitative estimate of drug-likeness (QED) is 0.901. The van der Waals surface area contributed by atoms with E-state index in [0.29, 0.717) is 32.5 Å². The maximum absolute atomic E-state index is 12.5. The van der Waals surface area contributed by atoms with Gasteiger partial charge in [0.2, 0.25) is 11.8 Å². The Bertz CT molecular complexity index is 725. The van der Waals surface area contributed by atoms with Crippen LogP contribution in [0.2, 0.25) is 0 Å². The molecule has 0 atom stereocenters. The van der Waals surface area contributed by atoms with E-state index in [-0.39, 0.29) is 17.7 Å². The van der Waals surface area contributed by atoms with Gasteiger partial charge in [-0.25, -0.2) is 0 Å². The Morgan fingerprint density at radius 3 is 2.19 bits per heavy atom. The fourth-order valence-corrected chi connectivity index (χ4v) is 3.23. The summed E-state index contributed by atoms with van der Waals surface area (Å²) >= 11 is 0. The van der Waals surface area contributed by atoms with Crippen LogP contribution in [0.5, 0.6) is 0 Å². The predicted molar refractivity (Wildman–Crippen MR) is 104 cm³/mol. The zero-order valence-electron chi connectivity index (χ0n) is 15.1. The lowest BCUT2D eigenvalue weighted by molar-refractivity contribution is -0.133. The van der Waals surface area contributed by atoms with E-state index in [1.807, 2.05) is 77.5 Å². The van der Waals surface area contributed by atoms with Crippen LogP contribution >= 0.6 is 0 Å². The van der Waals surface area contributed by atoms with Gasteiger partial charge in [-0.3, -0.25) is 9.59 Å². The molecule has 5 nitrogen and oxygen atoms in total. The van der Waals surface area contributed by atoms with E-state index < -0.39 is 0 Å². The molecule has 2 aromatic carbocycles. The number of likely N-dealkylation sites (tertiary alicyclic amines) is 1. The van der Waals surface area contributed by atoms with Crippen molar-refractivity contribution >= 4 is 23.2 Å². The summed E-state index contributed by atoms with van der Waals surface area (Å²) in [7, 11) is 1.92. The number of para-hydroxylation sites is 2. The molecule has 0 aromatic heterocycles. The molecule has 1 saturated heterocycles. The van der Waals surface area contributed by atoms with Crippen molar-refractivity contribution in [1.29, 1.82) is 0 Å². The lowest BCUT2D eigenvalue weighted by Gasteiger charge is -2.32. The van der Waals surface area contributed by atoms with Crippen LogP contribution in [-0.2, 0) is 9.59 Å². The Labute approximate surface area is 154 Å². The first-order chi connectivity index (χ1) is 12.6. The van der Waals surface area contributed by atoms with E-state index in [2.05, 4.69) is 5.32 Å². The van der Waals surface area contributed by atoms with E-state index in [4.69, 9.17) is 0 Å². The molecule has 26 heavy (non-hydrogen) atoms. The summed E-state index contributed by atoms with van der Waals surface area (Å²) in [4.78, 5) is 28.7. The molecule has 1 aliphatic rings. The third kappa shape index (κ3) is 4.63. The minimum Gasteiger partial charge on any atom is -0.365 e. The summed E-state index contributed by atoms with van der Waals surface area (Å²) in [6.07, 6.45) is 1.42. The number of nitrogens with one attached hydrogen (secondary N) is 1. The van der Waals surface area contributed by atoms with Gasteiger partial charge in [-0.1, -0.05) is 36.4 Å². The molecule has 2 amide bonds. The molecule has 1 aliphatic heterocycles. The van der Waals surface area contributed by atoms with E-state index >= 15 is 0 Å². The van der Waals surface area contributed by atoms with Crippen molar-refractivity contribution in [2.45, 2.75) is 12.8 Å². The van der Waals surface area contributed by atoms with Crippen LogP contribution in [0.25, 0.3) is 0 Å². The van der Waals surface area contributed by atoms with E-state index in [1.165, 1.54) is 0 Å². The fourth-order valence-electron chi connectivity index (χ4n) is 3.23. The maximum Gasteiger partial charge on any atom is 0.242 e. The molecule has 0 spiro atoms. The average Bonchev–Trinajstić information content (AvgIpc) is 2.69. The maximum atomic E-state index is 12.5. The molecule has 0 bridgehead atoms. The van der Waals surface area contributed by atoms with Gasteiger partial charge in [0, 0.05) is 37.4 Å². The first kappa shape index (κ1) is 18.0. The van der Waals surface area contributed by atoms with Crippen molar-refractivity contribution in [3.05, 3.63) is 60.7 Å². The topological polar surface area (TPSA) is 52.7 Å². The summed E-state index contributed by atoms with van der Waals surface area (Å²) in [6.45, 7) is 1.62. The van der Waals surface area contributed by atoms with Crippen LogP contribution < -0.4 is 10.2 Å². The highest BCUT2D eigenvalue weighted by Gasteiger charge is 2.27. The minimum atomic E-state index is -0.0360. The lowest BCUT2D eigenvalue weighted by Crippen LogP contribution is -2.45. The normalized spacial score (nSPS) is 14.7.